The van der Waals surface area contributed by atoms with E-state index in [4.69, 9.17) is 4.74 Å². The van der Waals surface area contributed by atoms with E-state index < -0.39 is 26.5 Å². The number of ether oxygens (including phenoxy) is 1. The Hall–Kier alpha value is -2.89. The summed E-state index contributed by atoms with van der Waals surface area (Å²) >= 11 is 4.36. The predicted molar refractivity (Wildman–Crippen MR) is 134 cm³/mol. The van der Waals surface area contributed by atoms with Gasteiger partial charge in [0.2, 0.25) is 0 Å². The van der Waals surface area contributed by atoms with Crippen molar-refractivity contribution in [2.24, 2.45) is 0 Å². The number of nitro benzene ring substituents is 1. The van der Waals surface area contributed by atoms with Crippen molar-refractivity contribution in [3.8, 4) is 0 Å². The monoisotopic (exact) mass is 564 g/mol. The zero-order valence-electron chi connectivity index (χ0n) is 18.4. The Bertz CT molecular complexity index is 1320. The summed E-state index contributed by atoms with van der Waals surface area (Å²) in [6.07, 6.45) is 0. The van der Waals surface area contributed by atoms with Gasteiger partial charge in [0.15, 0.2) is 0 Å². The van der Waals surface area contributed by atoms with Crippen molar-refractivity contribution in [3.05, 3.63) is 86.9 Å². The molecule has 11 heteroatoms. The van der Waals surface area contributed by atoms with Crippen molar-refractivity contribution < 1.29 is 22.9 Å². The van der Waals surface area contributed by atoms with Gasteiger partial charge in [-0.25, -0.2) is 13.2 Å². The van der Waals surface area contributed by atoms with Crippen LogP contribution in [0.25, 0.3) is 0 Å². The molecule has 0 aromatic heterocycles. The summed E-state index contributed by atoms with van der Waals surface area (Å²) in [5.74, 6) is -0.470. The molecular formula is C23H21BrN2O6S2. The van der Waals surface area contributed by atoms with Crippen molar-refractivity contribution in [1.29, 1.82) is 0 Å². The smallest absolute Gasteiger partial charge is 0.338 e. The average molecular weight is 565 g/mol. The predicted octanol–water partition coefficient (Wildman–Crippen LogP) is 6.26. The molecule has 0 saturated heterocycles. The number of hydrogen-bond donors (Lipinski definition) is 1. The van der Waals surface area contributed by atoms with Crippen molar-refractivity contribution in [2.75, 3.05) is 4.72 Å². The van der Waals surface area contributed by atoms with Gasteiger partial charge in [0.05, 0.1) is 20.3 Å². The molecule has 3 aromatic carbocycles. The second-order valence-corrected chi connectivity index (χ2v) is 11.8. The molecular weight excluding hydrogens is 544 g/mol. The lowest BCUT2D eigenvalue weighted by Crippen LogP contribution is -2.23. The fourth-order valence-corrected chi connectivity index (χ4v) is 4.99. The van der Waals surface area contributed by atoms with Gasteiger partial charge >= 0.3 is 5.97 Å². The molecule has 0 radical (unpaired) electrons. The summed E-state index contributed by atoms with van der Waals surface area (Å²) in [5.41, 5.74) is -0.289. The highest BCUT2D eigenvalue weighted by Crippen LogP contribution is 2.36. The molecule has 0 aliphatic heterocycles. The first-order chi connectivity index (χ1) is 15.8. The van der Waals surface area contributed by atoms with E-state index in [0.29, 0.717) is 16.1 Å². The Morgan fingerprint density at radius 3 is 2.21 bits per heavy atom. The van der Waals surface area contributed by atoms with Crippen LogP contribution in [0.3, 0.4) is 0 Å². The first kappa shape index (κ1) is 25.7. The van der Waals surface area contributed by atoms with Crippen LogP contribution >= 0.6 is 27.7 Å². The molecule has 0 aliphatic carbocycles. The minimum Gasteiger partial charge on any atom is -0.456 e. The van der Waals surface area contributed by atoms with Crippen LogP contribution in [0.1, 0.15) is 31.1 Å². The summed E-state index contributed by atoms with van der Waals surface area (Å²) in [7, 11) is -4.03. The van der Waals surface area contributed by atoms with Crippen LogP contribution in [0.2, 0.25) is 0 Å². The molecule has 1 N–H and O–H groups in total. The molecule has 3 rings (SSSR count). The van der Waals surface area contributed by atoms with Gasteiger partial charge in [-0.2, -0.15) is 0 Å². The van der Waals surface area contributed by atoms with Crippen molar-refractivity contribution in [3.63, 3.8) is 0 Å². The molecule has 0 heterocycles. The third kappa shape index (κ3) is 6.81. The molecule has 0 bridgehead atoms. The lowest BCUT2D eigenvalue weighted by Gasteiger charge is -2.19. The van der Waals surface area contributed by atoms with Crippen LogP contribution in [-0.4, -0.2) is 24.9 Å². The third-order valence-corrected chi connectivity index (χ3v) is 7.23. The lowest BCUT2D eigenvalue weighted by atomic mass is 10.2. The van der Waals surface area contributed by atoms with E-state index in [0.717, 1.165) is 22.3 Å². The van der Waals surface area contributed by atoms with Crippen LogP contribution in [0.5, 0.6) is 0 Å². The maximum atomic E-state index is 12.7. The van der Waals surface area contributed by atoms with E-state index in [-0.39, 0.29) is 15.5 Å². The van der Waals surface area contributed by atoms with E-state index in [1.54, 1.807) is 69.3 Å². The largest absolute Gasteiger partial charge is 0.456 e. The van der Waals surface area contributed by atoms with Crippen molar-refractivity contribution in [2.45, 2.75) is 41.1 Å². The van der Waals surface area contributed by atoms with E-state index in [1.807, 2.05) is 0 Å². The number of rotatable bonds is 7. The summed E-state index contributed by atoms with van der Waals surface area (Å²) in [4.78, 5) is 23.9. The Morgan fingerprint density at radius 2 is 1.65 bits per heavy atom. The third-order valence-electron chi connectivity index (χ3n) is 4.25. The van der Waals surface area contributed by atoms with Crippen LogP contribution < -0.4 is 4.72 Å². The Morgan fingerprint density at radius 1 is 1.03 bits per heavy atom. The number of hydrogen-bond acceptors (Lipinski definition) is 7. The molecule has 0 atom stereocenters. The zero-order chi connectivity index (χ0) is 25.1. The normalized spacial score (nSPS) is 11.6. The minimum absolute atomic E-state index is 0.230. The van der Waals surface area contributed by atoms with E-state index in [2.05, 4.69) is 20.7 Å². The van der Waals surface area contributed by atoms with Crippen LogP contribution in [0.15, 0.2) is 85.9 Å². The molecule has 8 nitrogen and oxygen atoms in total. The minimum atomic E-state index is -4.03. The number of halogens is 1. The Kier molecular flexibility index (Phi) is 7.69. The highest BCUT2D eigenvalue weighted by molar-refractivity contribution is 9.10. The standard InChI is InChI=1S/C23H21BrN2O6S2/c1-23(2,3)32-22(27)15-4-10-18(11-5-15)33-21-13-12-19(14-20(21)26(28)29)34(30,31)25-17-8-6-16(24)7-9-17/h4-14,25H,1-3H3. The molecule has 0 spiro atoms. The number of sulfonamides is 1. The average Bonchev–Trinajstić information content (AvgIpc) is 2.74. The van der Waals surface area contributed by atoms with Crippen molar-refractivity contribution >= 4 is 55.1 Å². The number of nitrogens with one attached hydrogen (secondary N) is 1. The van der Waals surface area contributed by atoms with Gasteiger partial charge in [0, 0.05) is 21.1 Å². The van der Waals surface area contributed by atoms with Crippen LogP contribution in [-0.2, 0) is 14.8 Å². The van der Waals surface area contributed by atoms with Crippen LogP contribution in [0.4, 0.5) is 11.4 Å². The number of nitrogens with zero attached hydrogens (tertiary/aromatic N) is 1. The number of carbonyl (C=O) groups excluding carboxylic acids is 1. The van der Waals surface area contributed by atoms with E-state index in [9.17, 15) is 23.3 Å². The van der Waals surface area contributed by atoms with E-state index >= 15 is 0 Å². The van der Waals surface area contributed by atoms with Gasteiger partial charge in [0.1, 0.15) is 5.60 Å². The number of carbonyl (C=O) groups is 1. The molecule has 178 valence electrons. The first-order valence-corrected chi connectivity index (χ1v) is 13.0. The SMILES string of the molecule is CC(C)(C)OC(=O)c1ccc(Sc2ccc(S(=O)(=O)Nc3ccc(Br)cc3)cc2[N+](=O)[O-])cc1. The Balaban J connectivity index is 1.82. The second-order valence-electron chi connectivity index (χ2n) is 8.13. The molecule has 0 saturated carbocycles. The van der Waals surface area contributed by atoms with Gasteiger partial charge in [-0.1, -0.05) is 27.7 Å². The van der Waals surface area contributed by atoms with Gasteiger partial charge in [0.25, 0.3) is 15.7 Å². The molecule has 0 fully saturated rings. The van der Waals surface area contributed by atoms with Gasteiger partial charge < -0.3 is 4.74 Å². The molecule has 0 aliphatic rings. The maximum absolute atomic E-state index is 12.7. The highest BCUT2D eigenvalue weighted by Gasteiger charge is 2.23. The highest BCUT2D eigenvalue weighted by atomic mass is 79.9. The van der Waals surface area contributed by atoms with Gasteiger partial charge in [-0.15, -0.1) is 0 Å². The first-order valence-electron chi connectivity index (χ1n) is 9.92. The van der Waals surface area contributed by atoms with Gasteiger partial charge in [-0.05, 0) is 81.4 Å². The fourth-order valence-electron chi connectivity index (χ4n) is 2.75. The fraction of sp³-hybridized carbons (Fsp3) is 0.174. The zero-order valence-corrected chi connectivity index (χ0v) is 21.7. The number of benzene rings is 3. The second kappa shape index (κ2) is 10.2. The summed E-state index contributed by atoms with van der Waals surface area (Å²) in [6, 6.07) is 16.7. The molecule has 3 aromatic rings. The number of anilines is 1. The maximum Gasteiger partial charge on any atom is 0.338 e. The number of esters is 1. The van der Waals surface area contributed by atoms with Crippen molar-refractivity contribution in [1.82, 2.24) is 0 Å². The van der Waals surface area contributed by atoms with Crippen LogP contribution in [0, 0.1) is 10.1 Å². The molecule has 0 amide bonds. The summed E-state index contributed by atoms with van der Waals surface area (Å²) in [5, 5.41) is 11.7. The Labute approximate surface area is 210 Å². The van der Waals surface area contributed by atoms with Gasteiger partial charge in [-0.3, -0.25) is 14.8 Å². The topological polar surface area (TPSA) is 116 Å². The van der Waals surface area contributed by atoms with E-state index in [1.165, 1.54) is 12.1 Å². The molecule has 34 heavy (non-hydrogen) atoms. The molecule has 0 unspecified atom stereocenters. The summed E-state index contributed by atoms with van der Waals surface area (Å²) in [6.45, 7) is 5.31. The summed E-state index contributed by atoms with van der Waals surface area (Å²) < 4.78 is 34.0. The lowest BCUT2D eigenvalue weighted by molar-refractivity contribution is -0.388. The number of nitro groups is 1. The quantitative estimate of drug-likeness (QED) is 0.204.